The fraction of sp³-hybridized carbons (Fsp3) is 0.240. The standard InChI is InChI=1S/C25H23Cl2N5O3S/c1-25(2,18-10-16(12-28)23(20(27)11-18)35-9-8-26)17-6-4-15(5-7-17)19-13-29-22-21(19)30-14-31-24(22)32-36(3,33)34/h4-7,10-11,13-14,29H,8-9H2,1-3H3,(H,30,31,32). The number of halogens is 2. The molecule has 0 fully saturated rings. The van der Waals surface area contributed by atoms with Crippen LogP contribution in [-0.2, 0) is 15.4 Å². The average molecular weight is 544 g/mol. The molecule has 186 valence electrons. The van der Waals surface area contributed by atoms with Gasteiger partial charge in [-0.2, -0.15) is 5.26 Å². The third-order valence-electron chi connectivity index (χ3n) is 5.87. The van der Waals surface area contributed by atoms with E-state index in [1.54, 1.807) is 12.3 Å². The monoisotopic (exact) mass is 543 g/mol. The van der Waals surface area contributed by atoms with E-state index >= 15 is 0 Å². The maximum Gasteiger partial charge on any atom is 0.231 e. The fourth-order valence-corrected chi connectivity index (χ4v) is 4.83. The average Bonchev–Trinajstić information content (AvgIpc) is 3.27. The first-order chi connectivity index (χ1) is 17.0. The number of hydrogen-bond acceptors (Lipinski definition) is 6. The van der Waals surface area contributed by atoms with E-state index in [1.807, 2.05) is 30.3 Å². The van der Waals surface area contributed by atoms with Gasteiger partial charge in [-0.15, -0.1) is 11.6 Å². The molecule has 0 aliphatic rings. The molecule has 0 aliphatic heterocycles. The van der Waals surface area contributed by atoms with Gasteiger partial charge in [-0.25, -0.2) is 18.4 Å². The van der Waals surface area contributed by atoms with Gasteiger partial charge in [0.05, 0.1) is 22.7 Å². The lowest BCUT2D eigenvalue weighted by Gasteiger charge is -2.27. The number of aromatic nitrogens is 3. The van der Waals surface area contributed by atoms with Crippen LogP contribution in [0.4, 0.5) is 5.82 Å². The molecule has 0 amide bonds. The molecule has 0 unspecified atom stereocenters. The number of aromatic amines is 1. The van der Waals surface area contributed by atoms with E-state index in [0.29, 0.717) is 33.2 Å². The summed E-state index contributed by atoms with van der Waals surface area (Å²) in [7, 11) is -3.49. The molecule has 4 rings (SSSR count). The fourth-order valence-electron chi connectivity index (χ4n) is 3.97. The van der Waals surface area contributed by atoms with E-state index < -0.39 is 15.4 Å². The van der Waals surface area contributed by atoms with Crippen LogP contribution < -0.4 is 9.46 Å². The predicted octanol–water partition coefficient (Wildman–Crippen LogP) is 5.46. The number of fused-ring (bicyclic) bond motifs is 1. The molecular formula is C25H23Cl2N5O3S. The van der Waals surface area contributed by atoms with Crippen molar-refractivity contribution in [3.63, 3.8) is 0 Å². The van der Waals surface area contributed by atoms with E-state index in [4.69, 9.17) is 27.9 Å². The highest BCUT2D eigenvalue weighted by Crippen LogP contribution is 2.39. The lowest BCUT2D eigenvalue weighted by Crippen LogP contribution is -2.19. The lowest BCUT2D eigenvalue weighted by molar-refractivity contribution is 0.341. The van der Waals surface area contributed by atoms with Gasteiger partial charge in [-0.1, -0.05) is 49.7 Å². The molecule has 0 radical (unpaired) electrons. The largest absolute Gasteiger partial charge is 0.489 e. The molecule has 8 nitrogen and oxygen atoms in total. The number of sulfonamides is 1. The van der Waals surface area contributed by atoms with Crippen LogP contribution in [0.2, 0.25) is 5.02 Å². The molecule has 2 aromatic carbocycles. The molecule has 4 aromatic rings. The quantitative estimate of drug-likeness (QED) is 0.284. The minimum absolute atomic E-state index is 0.190. The highest BCUT2D eigenvalue weighted by atomic mass is 35.5. The van der Waals surface area contributed by atoms with Crippen LogP contribution in [0.5, 0.6) is 5.75 Å². The molecule has 2 aromatic heterocycles. The summed E-state index contributed by atoms with van der Waals surface area (Å²) in [4.78, 5) is 11.5. The van der Waals surface area contributed by atoms with Gasteiger partial charge in [0.1, 0.15) is 30.0 Å². The number of H-pyrrole nitrogens is 1. The van der Waals surface area contributed by atoms with Crippen LogP contribution in [0.25, 0.3) is 22.2 Å². The van der Waals surface area contributed by atoms with Gasteiger partial charge in [-0.3, -0.25) is 4.72 Å². The second-order valence-electron chi connectivity index (χ2n) is 8.71. The van der Waals surface area contributed by atoms with Crippen molar-refractivity contribution in [2.24, 2.45) is 0 Å². The van der Waals surface area contributed by atoms with Crippen LogP contribution in [0.1, 0.15) is 30.5 Å². The van der Waals surface area contributed by atoms with Gasteiger partial charge < -0.3 is 9.72 Å². The van der Waals surface area contributed by atoms with Gasteiger partial charge in [0.15, 0.2) is 11.6 Å². The third kappa shape index (κ3) is 5.12. The van der Waals surface area contributed by atoms with Crippen molar-refractivity contribution in [2.75, 3.05) is 23.5 Å². The van der Waals surface area contributed by atoms with E-state index in [2.05, 4.69) is 39.6 Å². The van der Waals surface area contributed by atoms with Crippen molar-refractivity contribution in [1.29, 1.82) is 5.26 Å². The number of anilines is 1. The number of nitriles is 1. The number of nitrogens with zero attached hydrogens (tertiary/aromatic N) is 3. The highest BCUT2D eigenvalue weighted by Gasteiger charge is 2.26. The zero-order valence-corrected chi connectivity index (χ0v) is 22.1. The highest BCUT2D eigenvalue weighted by molar-refractivity contribution is 7.92. The Kier molecular flexibility index (Phi) is 7.14. The predicted molar refractivity (Wildman–Crippen MR) is 142 cm³/mol. The zero-order chi connectivity index (χ0) is 26.1. The molecule has 0 bridgehead atoms. The molecule has 11 heteroatoms. The van der Waals surface area contributed by atoms with E-state index in [-0.39, 0.29) is 12.4 Å². The molecule has 0 spiro atoms. The second-order valence-corrected chi connectivity index (χ2v) is 11.2. The molecule has 2 N–H and O–H groups in total. The minimum Gasteiger partial charge on any atom is -0.489 e. The summed E-state index contributed by atoms with van der Waals surface area (Å²) in [5.74, 6) is 0.814. The Morgan fingerprint density at radius 1 is 1.17 bits per heavy atom. The maximum absolute atomic E-state index is 11.7. The third-order valence-corrected chi connectivity index (χ3v) is 6.87. The lowest BCUT2D eigenvalue weighted by atomic mass is 9.77. The maximum atomic E-state index is 11.7. The first-order valence-electron chi connectivity index (χ1n) is 10.9. The molecule has 0 atom stereocenters. The molecule has 0 saturated carbocycles. The van der Waals surface area contributed by atoms with Crippen LogP contribution in [0.3, 0.4) is 0 Å². The normalized spacial score (nSPS) is 11.9. The Hall–Kier alpha value is -3.32. The second kappa shape index (κ2) is 9.97. The van der Waals surface area contributed by atoms with Gasteiger partial charge in [0.2, 0.25) is 10.0 Å². The number of benzene rings is 2. The first-order valence-corrected chi connectivity index (χ1v) is 13.7. The summed E-state index contributed by atoms with van der Waals surface area (Å²) in [5.41, 5.74) is 4.56. The SMILES string of the molecule is CC(C)(c1ccc(-c2c[nH]c3c(NS(C)(=O)=O)ncnc23)cc1)c1cc(Cl)c(OCCCl)c(C#N)c1. The van der Waals surface area contributed by atoms with Crippen molar-refractivity contribution in [3.8, 4) is 22.9 Å². The van der Waals surface area contributed by atoms with Gasteiger partial charge in [0, 0.05) is 17.2 Å². The molecule has 2 heterocycles. The van der Waals surface area contributed by atoms with Gasteiger partial charge >= 0.3 is 0 Å². The smallest absolute Gasteiger partial charge is 0.231 e. The Balaban J connectivity index is 1.69. The van der Waals surface area contributed by atoms with Crippen molar-refractivity contribution in [3.05, 3.63) is 70.6 Å². The van der Waals surface area contributed by atoms with Crippen molar-refractivity contribution in [1.82, 2.24) is 15.0 Å². The summed E-state index contributed by atoms with van der Waals surface area (Å²) < 4.78 is 31.3. The van der Waals surface area contributed by atoms with Crippen LogP contribution in [0.15, 0.2) is 48.9 Å². The molecule has 36 heavy (non-hydrogen) atoms. The van der Waals surface area contributed by atoms with E-state index in [0.717, 1.165) is 28.5 Å². The summed E-state index contributed by atoms with van der Waals surface area (Å²) in [6, 6.07) is 13.7. The Morgan fingerprint density at radius 3 is 2.53 bits per heavy atom. The number of rotatable bonds is 8. The summed E-state index contributed by atoms with van der Waals surface area (Å²) in [6.45, 7) is 4.36. The molecular weight excluding hydrogens is 521 g/mol. The Labute approximate surface area is 219 Å². The van der Waals surface area contributed by atoms with Gasteiger partial charge in [-0.05, 0) is 28.8 Å². The van der Waals surface area contributed by atoms with Gasteiger partial charge in [0.25, 0.3) is 0 Å². The number of hydrogen-bond donors (Lipinski definition) is 2. The summed E-state index contributed by atoms with van der Waals surface area (Å²) in [6.07, 6.45) is 4.16. The molecule has 0 saturated heterocycles. The van der Waals surface area contributed by atoms with E-state index in [9.17, 15) is 13.7 Å². The number of alkyl halides is 1. The number of ether oxygens (including phenoxy) is 1. The zero-order valence-electron chi connectivity index (χ0n) is 19.8. The van der Waals surface area contributed by atoms with Crippen LogP contribution in [0, 0.1) is 11.3 Å². The Morgan fingerprint density at radius 2 is 1.89 bits per heavy atom. The van der Waals surface area contributed by atoms with Crippen molar-refractivity contribution in [2.45, 2.75) is 19.3 Å². The van der Waals surface area contributed by atoms with E-state index in [1.165, 1.54) is 6.33 Å². The Bertz CT molecular complexity index is 1580. The van der Waals surface area contributed by atoms with Crippen molar-refractivity contribution < 1.29 is 13.2 Å². The first kappa shape index (κ1) is 25.8. The van der Waals surface area contributed by atoms with Crippen molar-refractivity contribution >= 4 is 50.1 Å². The molecule has 0 aliphatic carbocycles. The minimum atomic E-state index is -3.49. The summed E-state index contributed by atoms with van der Waals surface area (Å²) >= 11 is 12.2. The van der Waals surface area contributed by atoms with Crippen LogP contribution in [-0.4, -0.2) is 42.1 Å². The summed E-state index contributed by atoms with van der Waals surface area (Å²) in [5, 5.41) is 10.00. The topological polar surface area (TPSA) is 121 Å². The van der Waals surface area contributed by atoms with Crippen LogP contribution >= 0.6 is 23.2 Å². The number of nitrogens with one attached hydrogen (secondary N) is 2.